The van der Waals surface area contributed by atoms with E-state index in [-0.39, 0.29) is 0 Å². The lowest BCUT2D eigenvalue weighted by molar-refractivity contribution is -0.211. The molecule has 0 spiro atoms. The second-order valence-corrected chi connectivity index (χ2v) is 5.79. The van der Waals surface area contributed by atoms with Gasteiger partial charge in [-0.25, -0.2) is 4.18 Å². The van der Waals surface area contributed by atoms with E-state index >= 15 is 0 Å². The molecule has 1 fully saturated rings. The van der Waals surface area contributed by atoms with E-state index in [1.165, 1.54) is 0 Å². The van der Waals surface area contributed by atoms with E-state index in [1.54, 1.807) is 0 Å². The second kappa shape index (κ2) is 4.76. The second-order valence-electron chi connectivity index (χ2n) is 4.21. The van der Waals surface area contributed by atoms with Crippen LogP contribution in [0.25, 0.3) is 0 Å². The van der Waals surface area contributed by atoms with Gasteiger partial charge in [0.2, 0.25) is 5.79 Å². The summed E-state index contributed by atoms with van der Waals surface area (Å²) >= 11 is 0. The summed E-state index contributed by atoms with van der Waals surface area (Å²) in [6.07, 6.45) is 3.44. The minimum absolute atomic E-state index is 0.518. The first-order chi connectivity index (χ1) is 8.02. The average Bonchev–Trinajstić information content (AvgIpc) is 2.29. The highest BCUT2D eigenvalue weighted by molar-refractivity contribution is 7.86. The van der Waals surface area contributed by atoms with Crippen molar-refractivity contribution in [1.82, 2.24) is 0 Å². The van der Waals surface area contributed by atoms with Gasteiger partial charge in [0.25, 0.3) is 10.1 Å². The van der Waals surface area contributed by atoms with Gasteiger partial charge in [0.15, 0.2) is 0 Å². The fourth-order valence-corrected chi connectivity index (χ4v) is 2.76. The van der Waals surface area contributed by atoms with E-state index in [1.807, 2.05) is 30.3 Å². The number of ether oxygens (including phenoxy) is 1. The highest BCUT2D eigenvalue weighted by Crippen LogP contribution is 2.37. The molecule has 5 heteroatoms. The Labute approximate surface area is 102 Å². The van der Waals surface area contributed by atoms with E-state index < -0.39 is 15.9 Å². The molecular weight excluding hydrogens is 240 g/mol. The van der Waals surface area contributed by atoms with Gasteiger partial charge < -0.3 is 4.74 Å². The largest absolute Gasteiger partial charge is 0.345 e. The molecule has 1 aliphatic rings. The van der Waals surface area contributed by atoms with Crippen molar-refractivity contribution in [1.29, 1.82) is 0 Å². The van der Waals surface area contributed by atoms with Gasteiger partial charge in [-0.1, -0.05) is 30.3 Å². The van der Waals surface area contributed by atoms with Crippen LogP contribution in [0.1, 0.15) is 24.8 Å². The van der Waals surface area contributed by atoms with Gasteiger partial charge in [-0.05, 0) is 12.8 Å². The van der Waals surface area contributed by atoms with Gasteiger partial charge in [-0.3, -0.25) is 0 Å². The standard InChI is InChI=1S/C12H16O4S/c1-17(13,14)16-12(9-5-6-10-15-12)11-7-3-2-4-8-11/h2-4,7-8H,5-6,9-10H2,1H3. The van der Waals surface area contributed by atoms with Crippen LogP contribution in [0.15, 0.2) is 30.3 Å². The maximum Gasteiger partial charge on any atom is 0.267 e. The zero-order valence-electron chi connectivity index (χ0n) is 9.76. The van der Waals surface area contributed by atoms with Crippen LogP contribution >= 0.6 is 0 Å². The third kappa shape index (κ3) is 3.06. The molecule has 1 aliphatic heterocycles. The summed E-state index contributed by atoms with van der Waals surface area (Å²) in [5, 5.41) is 0. The zero-order chi connectivity index (χ0) is 12.4. The van der Waals surface area contributed by atoms with E-state index in [0.29, 0.717) is 13.0 Å². The van der Waals surface area contributed by atoms with Crippen molar-refractivity contribution < 1.29 is 17.3 Å². The fraction of sp³-hybridized carbons (Fsp3) is 0.500. The third-order valence-corrected chi connectivity index (χ3v) is 3.31. The summed E-state index contributed by atoms with van der Waals surface area (Å²) in [6.45, 7) is 0.518. The first kappa shape index (κ1) is 12.5. The minimum atomic E-state index is -3.56. The lowest BCUT2D eigenvalue weighted by Crippen LogP contribution is -2.38. The van der Waals surface area contributed by atoms with E-state index in [9.17, 15) is 8.42 Å². The van der Waals surface area contributed by atoms with Gasteiger partial charge in [0.1, 0.15) is 0 Å². The fourth-order valence-electron chi connectivity index (χ4n) is 2.05. The first-order valence-electron chi connectivity index (χ1n) is 5.62. The first-order valence-corrected chi connectivity index (χ1v) is 7.44. The van der Waals surface area contributed by atoms with Gasteiger partial charge in [-0.15, -0.1) is 0 Å². The Morgan fingerprint density at radius 3 is 2.47 bits per heavy atom. The summed E-state index contributed by atoms with van der Waals surface area (Å²) in [5.74, 6) is -1.13. The van der Waals surface area contributed by atoms with Crippen LogP contribution < -0.4 is 0 Å². The number of rotatable bonds is 3. The number of hydrogen-bond acceptors (Lipinski definition) is 4. The number of benzene rings is 1. The molecule has 94 valence electrons. The highest BCUT2D eigenvalue weighted by Gasteiger charge is 2.39. The smallest absolute Gasteiger partial charge is 0.267 e. The van der Waals surface area contributed by atoms with Crippen LogP contribution in [-0.2, 0) is 24.8 Å². The molecule has 1 saturated heterocycles. The molecule has 1 heterocycles. The molecule has 4 nitrogen and oxygen atoms in total. The van der Waals surface area contributed by atoms with Gasteiger partial charge in [-0.2, -0.15) is 8.42 Å². The summed E-state index contributed by atoms with van der Waals surface area (Å²) in [4.78, 5) is 0. The van der Waals surface area contributed by atoms with Crippen LogP contribution in [0.3, 0.4) is 0 Å². The maximum atomic E-state index is 11.4. The lowest BCUT2D eigenvalue weighted by atomic mass is 9.98. The van der Waals surface area contributed by atoms with Gasteiger partial charge >= 0.3 is 0 Å². The van der Waals surface area contributed by atoms with Crippen LogP contribution in [-0.4, -0.2) is 21.3 Å². The quantitative estimate of drug-likeness (QED) is 0.776. The molecule has 0 radical (unpaired) electrons. The van der Waals surface area contributed by atoms with Crippen molar-refractivity contribution in [2.75, 3.05) is 12.9 Å². The maximum absolute atomic E-state index is 11.4. The van der Waals surface area contributed by atoms with Crippen molar-refractivity contribution in [3.8, 4) is 0 Å². The van der Waals surface area contributed by atoms with Crippen molar-refractivity contribution >= 4 is 10.1 Å². The van der Waals surface area contributed by atoms with Crippen molar-refractivity contribution in [2.24, 2.45) is 0 Å². The van der Waals surface area contributed by atoms with Crippen LogP contribution in [0, 0.1) is 0 Å². The molecule has 1 aromatic rings. The molecule has 0 N–H and O–H groups in total. The molecule has 0 amide bonds. The molecule has 1 unspecified atom stereocenters. The molecule has 0 aromatic heterocycles. The monoisotopic (exact) mass is 256 g/mol. The lowest BCUT2D eigenvalue weighted by Gasteiger charge is -2.36. The van der Waals surface area contributed by atoms with E-state index in [0.717, 1.165) is 24.7 Å². The highest BCUT2D eigenvalue weighted by atomic mass is 32.2. The van der Waals surface area contributed by atoms with Gasteiger partial charge in [0.05, 0.1) is 12.9 Å². The number of hydrogen-bond donors (Lipinski definition) is 0. The van der Waals surface area contributed by atoms with Crippen LogP contribution in [0.4, 0.5) is 0 Å². The van der Waals surface area contributed by atoms with E-state index in [4.69, 9.17) is 8.92 Å². The minimum Gasteiger partial charge on any atom is -0.345 e. The topological polar surface area (TPSA) is 52.6 Å². The summed E-state index contributed by atoms with van der Waals surface area (Å²) in [6, 6.07) is 9.23. The molecule has 1 aromatic carbocycles. The van der Waals surface area contributed by atoms with Crippen molar-refractivity contribution in [3.63, 3.8) is 0 Å². The molecule has 0 bridgehead atoms. The molecule has 0 aliphatic carbocycles. The summed E-state index contributed by atoms with van der Waals surface area (Å²) < 4.78 is 33.6. The molecular formula is C12H16O4S. The normalized spacial score (nSPS) is 25.7. The van der Waals surface area contributed by atoms with Crippen LogP contribution in [0.5, 0.6) is 0 Å². The Morgan fingerprint density at radius 2 is 1.94 bits per heavy atom. The third-order valence-electron chi connectivity index (χ3n) is 2.74. The Morgan fingerprint density at radius 1 is 1.24 bits per heavy atom. The average molecular weight is 256 g/mol. The predicted molar refractivity (Wildman–Crippen MR) is 63.9 cm³/mol. The Balaban J connectivity index is 2.36. The van der Waals surface area contributed by atoms with Crippen molar-refractivity contribution in [2.45, 2.75) is 25.0 Å². The molecule has 1 atom stereocenters. The Bertz CT molecular complexity index is 461. The predicted octanol–water partition coefficient (Wildman–Crippen LogP) is 2.02. The zero-order valence-corrected chi connectivity index (χ0v) is 10.6. The molecule has 17 heavy (non-hydrogen) atoms. The van der Waals surface area contributed by atoms with Gasteiger partial charge in [0, 0.05) is 12.0 Å². The molecule has 2 rings (SSSR count). The molecule has 0 saturated carbocycles. The summed E-state index contributed by atoms with van der Waals surface area (Å²) in [7, 11) is -3.56. The Kier molecular flexibility index (Phi) is 3.51. The van der Waals surface area contributed by atoms with Crippen LogP contribution in [0.2, 0.25) is 0 Å². The Hall–Kier alpha value is -0.910. The van der Waals surface area contributed by atoms with E-state index in [2.05, 4.69) is 0 Å². The summed E-state index contributed by atoms with van der Waals surface area (Å²) in [5.41, 5.74) is 0.755. The SMILES string of the molecule is CS(=O)(=O)OC1(c2ccccc2)CCCCO1. The van der Waals surface area contributed by atoms with Crippen molar-refractivity contribution in [3.05, 3.63) is 35.9 Å².